The molecule has 2 aliphatic heterocycles. The fourth-order valence-electron chi connectivity index (χ4n) is 2.89. The summed E-state index contributed by atoms with van der Waals surface area (Å²) in [5, 5.41) is 8.16. The van der Waals surface area contributed by atoms with Crippen LogP contribution in [0.25, 0.3) is 0 Å². The quantitative estimate of drug-likeness (QED) is 0.645. The van der Waals surface area contributed by atoms with Crippen LogP contribution < -0.4 is 0 Å². The standard InChI is InChI=1S/C16H25N3O2/c1-3-4-9-16(17-18-16)10-5-15(20)19-11-6-14(7-12-19)8-13-21-2/h1,14H,4-13H2,2H3. The van der Waals surface area contributed by atoms with Crippen molar-refractivity contribution in [1.82, 2.24) is 4.90 Å². The average Bonchev–Trinajstić information content (AvgIpc) is 3.29. The minimum atomic E-state index is -0.335. The van der Waals surface area contributed by atoms with Crippen molar-refractivity contribution in [2.24, 2.45) is 16.1 Å². The third-order valence-electron chi connectivity index (χ3n) is 4.49. The molecule has 0 aliphatic carbocycles. The predicted octanol–water partition coefficient (Wildman–Crippen LogP) is 2.62. The molecule has 0 bridgehead atoms. The molecular formula is C16H25N3O2. The first-order valence-electron chi connectivity index (χ1n) is 7.83. The van der Waals surface area contributed by atoms with E-state index >= 15 is 0 Å². The number of piperidine rings is 1. The molecule has 21 heavy (non-hydrogen) atoms. The van der Waals surface area contributed by atoms with E-state index in [4.69, 9.17) is 11.2 Å². The smallest absolute Gasteiger partial charge is 0.222 e. The van der Waals surface area contributed by atoms with E-state index in [1.165, 1.54) is 0 Å². The van der Waals surface area contributed by atoms with E-state index in [2.05, 4.69) is 16.1 Å². The highest BCUT2D eigenvalue weighted by molar-refractivity contribution is 5.76. The van der Waals surface area contributed by atoms with E-state index in [9.17, 15) is 4.79 Å². The maximum Gasteiger partial charge on any atom is 0.222 e. The van der Waals surface area contributed by atoms with Gasteiger partial charge in [-0.15, -0.1) is 12.3 Å². The van der Waals surface area contributed by atoms with E-state index in [1.54, 1.807) is 7.11 Å². The third-order valence-corrected chi connectivity index (χ3v) is 4.49. The number of hydrogen-bond donors (Lipinski definition) is 0. The Balaban J connectivity index is 1.65. The van der Waals surface area contributed by atoms with E-state index in [0.29, 0.717) is 25.2 Å². The summed E-state index contributed by atoms with van der Waals surface area (Å²) in [5.74, 6) is 3.54. The predicted molar refractivity (Wildman–Crippen MR) is 80.7 cm³/mol. The van der Waals surface area contributed by atoms with Gasteiger partial charge in [0.2, 0.25) is 5.91 Å². The number of hydrogen-bond acceptors (Lipinski definition) is 4. The lowest BCUT2D eigenvalue weighted by atomic mass is 9.93. The zero-order chi connectivity index (χ0) is 15.1. The Hall–Kier alpha value is -1.41. The summed E-state index contributed by atoms with van der Waals surface area (Å²) in [6, 6.07) is 0. The van der Waals surface area contributed by atoms with Crippen molar-refractivity contribution in [1.29, 1.82) is 0 Å². The van der Waals surface area contributed by atoms with E-state index < -0.39 is 0 Å². The number of likely N-dealkylation sites (tertiary alicyclic amines) is 1. The highest BCUT2D eigenvalue weighted by atomic mass is 16.5. The second-order valence-electron chi connectivity index (χ2n) is 5.99. The zero-order valence-corrected chi connectivity index (χ0v) is 12.9. The average molecular weight is 291 g/mol. The Morgan fingerprint density at radius 1 is 1.38 bits per heavy atom. The molecular weight excluding hydrogens is 266 g/mol. The second kappa shape index (κ2) is 7.56. The first-order chi connectivity index (χ1) is 10.2. The van der Waals surface area contributed by atoms with Gasteiger partial charge in [0.05, 0.1) is 0 Å². The van der Waals surface area contributed by atoms with Crippen molar-refractivity contribution in [3.63, 3.8) is 0 Å². The number of rotatable bonds is 8. The maximum atomic E-state index is 12.2. The van der Waals surface area contributed by atoms with Crippen molar-refractivity contribution < 1.29 is 9.53 Å². The number of methoxy groups -OCH3 is 1. The molecule has 0 unspecified atom stereocenters. The Morgan fingerprint density at radius 2 is 2.10 bits per heavy atom. The number of terminal acetylenes is 1. The number of carbonyl (C=O) groups is 1. The molecule has 1 saturated heterocycles. The Bertz CT molecular complexity index is 414. The van der Waals surface area contributed by atoms with Gasteiger partial charge in [0.15, 0.2) is 5.66 Å². The zero-order valence-electron chi connectivity index (χ0n) is 12.9. The molecule has 1 amide bonds. The van der Waals surface area contributed by atoms with Crippen LogP contribution in [0.5, 0.6) is 0 Å². The highest BCUT2D eigenvalue weighted by Crippen LogP contribution is 2.37. The molecule has 0 atom stereocenters. The van der Waals surface area contributed by atoms with E-state index in [0.717, 1.165) is 45.4 Å². The van der Waals surface area contributed by atoms with Crippen LogP contribution in [0, 0.1) is 18.3 Å². The van der Waals surface area contributed by atoms with Gasteiger partial charge in [0.1, 0.15) is 0 Å². The topological polar surface area (TPSA) is 54.3 Å². The van der Waals surface area contributed by atoms with Crippen molar-refractivity contribution >= 4 is 5.91 Å². The molecule has 0 aromatic heterocycles. The molecule has 2 aliphatic rings. The lowest BCUT2D eigenvalue weighted by Crippen LogP contribution is -2.39. The molecule has 0 radical (unpaired) electrons. The van der Waals surface area contributed by atoms with Gasteiger partial charge in [-0.1, -0.05) is 0 Å². The summed E-state index contributed by atoms with van der Waals surface area (Å²) >= 11 is 0. The van der Waals surface area contributed by atoms with E-state index in [1.807, 2.05) is 4.90 Å². The SMILES string of the molecule is C#CCCC1(CCC(=O)N2CCC(CCOC)CC2)N=N1. The monoisotopic (exact) mass is 291 g/mol. The van der Waals surface area contributed by atoms with Crippen LogP contribution in [0.1, 0.15) is 44.9 Å². The summed E-state index contributed by atoms with van der Waals surface area (Å²) in [6.07, 6.45) is 11.2. The van der Waals surface area contributed by atoms with Crippen LogP contribution in [0.2, 0.25) is 0 Å². The molecule has 0 saturated carbocycles. The molecule has 0 aromatic rings. The van der Waals surface area contributed by atoms with Crippen LogP contribution >= 0.6 is 0 Å². The first kappa shape index (κ1) is 16.0. The van der Waals surface area contributed by atoms with Crippen molar-refractivity contribution in [3.05, 3.63) is 0 Å². The molecule has 2 heterocycles. The minimum absolute atomic E-state index is 0.234. The Labute approximate surface area is 127 Å². The molecule has 5 nitrogen and oxygen atoms in total. The molecule has 0 spiro atoms. The summed E-state index contributed by atoms with van der Waals surface area (Å²) in [7, 11) is 1.74. The number of carbonyl (C=O) groups excluding carboxylic acids is 1. The fourth-order valence-corrected chi connectivity index (χ4v) is 2.89. The molecule has 1 fully saturated rings. The summed E-state index contributed by atoms with van der Waals surface area (Å²) < 4.78 is 5.12. The van der Waals surface area contributed by atoms with Gasteiger partial charge in [-0.2, -0.15) is 10.2 Å². The van der Waals surface area contributed by atoms with Crippen LogP contribution in [0.15, 0.2) is 10.2 Å². The molecule has 0 N–H and O–H groups in total. The summed E-state index contributed by atoms with van der Waals surface area (Å²) in [4.78, 5) is 14.2. The van der Waals surface area contributed by atoms with Crippen molar-refractivity contribution in [3.8, 4) is 12.3 Å². The van der Waals surface area contributed by atoms with Gasteiger partial charge in [0.25, 0.3) is 0 Å². The largest absolute Gasteiger partial charge is 0.385 e. The van der Waals surface area contributed by atoms with Gasteiger partial charge < -0.3 is 9.64 Å². The summed E-state index contributed by atoms with van der Waals surface area (Å²) in [6.45, 7) is 2.57. The third kappa shape index (κ3) is 4.82. The van der Waals surface area contributed by atoms with Gasteiger partial charge in [-0.3, -0.25) is 4.79 Å². The van der Waals surface area contributed by atoms with Gasteiger partial charge >= 0.3 is 0 Å². The number of nitrogens with zero attached hydrogens (tertiary/aromatic N) is 3. The second-order valence-corrected chi connectivity index (χ2v) is 5.99. The first-order valence-corrected chi connectivity index (χ1v) is 7.83. The van der Waals surface area contributed by atoms with Crippen LogP contribution in [0.4, 0.5) is 0 Å². The molecule has 116 valence electrons. The number of ether oxygens (including phenoxy) is 1. The lowest BCUT2D eigenvalue weighted by molar-refractivity contribution is -0.132. The van der Waals surface area contributed by atoms with Crippen LogP contribution in [0.3, 0.4) is 0 Å². The van der Waals surface area contributed by atoms with Gasteiger partial charge in [-0.25, -0.2) is 0 Å². The maximum absolute atomic E-state index is 12.2. The lowest BCUT2D eigenvalue weighted by Gasteiger charge is -2.32. The molecule has 2 rings (SSSR count). The molecule has 5 heteroatoms. The Kier molecular flexibility index (Phi) is 5.75. The van der Waals surface area contributed by atoms with Gasteiger partial charge in [0, 0.05) is 52.5 Å². The number of amides is 1. The molecule has 0 aromatic carbocycles. The normalized spacial score (nSPS) is 20.3. The van der Waals surface area contributed by atoms with E-state index in [-0.39, 0.29) is 11.6 Å². The Morgan fingerprint density at radius 3 is 2.67 bits per heavy atom. The minimum Gasteiger partial charge on any atom is -0.385 e. The van der Waals surface area contributed by atoms with Crippen LogP contribution in [-0.4, -0.2) is 43.3 Å². The highest BCUT2D eigenvalue weighted by Gasteiger charge is 2.39. The van der Waals surface area contributed by atoms with Gasteiger partial charge in [-0.05, 0) is 25.2 Å². The van der Waals surface area contributed by atoms with Crippen molar-refractivity contribution in [2.45, 2.75) is 50.6 Å². The van der Waals surface area contributed by atoms with Crippen molar-refractivity contribution in [2.75, 3.05) is 26.8 Å². The van der Waals surface area contributed by atoms with Crippen LogP contribution in [-0.2, 0) is 9.53 Å². The fraction of sp³-hybridized carbons (Fsp3) is 0.812. The summed E-state index contributed by atoms with van der Waals surface area (Å²) in [5.41, 5.74) is -0.335.